The summed E-state index contributed by atoms with van der Waals surface area (Å²) in [6.45, 7) is 1.70. The highest BCUT2D eigenvalue weighted by molar-refractivity contribution is 6.37. The van der Waals surface area contributed by atoms with E-state index in [2.05, 4.69) is 14.8 Å². The van der Waals surface area contributed by atoms with Crippen molar-refractivity contribution in [2.24, 2.45) is 0 Å². The van der Waals surface area contributed by atoms with Crippen LogP contribution in [-0.2, 0) is 0 Å². The first-order valence-corrected chi connectivity index (χ1v) is 10.2. The summed E-state index contributed by atoms with van der Waals surface area (Å²) < 4.78 is 53.3. The first kappa shape index (κ1) is 21.0. The predicted molar refractivity (Wildman–Crippen MR) is 114 cm³/mol. The van der Waals surface area contributed by atoms with Gasteiger partial charge in [-0.05, 0) is 43.3 Å². The van der Waals surface area contributed by atoms with Gasteiger partial charge in [-0.3, -0.25) is 9.59 Å². The molecule has 9 nitrogen and oxygen atoms in total. The summed E-state index contributed by atoms with van der Waals surface area (Å²) in [6, 6.07) is 9.81. The summed E-state index contributed by atoms with van der Waals surface area (Å²) in [4.78, 5) is 32.0. The lowest BCUT2D eigenvalue weighted by Crippen LogP contribution is -2.29. The highest BCUT2D eigenvalue weighted by Crippen LogP contribution is 2.39. The third-order valence-electron chi connectivity index (χ3n) is 5.65. The number of ether oxygens (including phenoxy) is 3. The van der Waals surface area contributed by atoms with Gasteiger partial charge in [0.1, 0.15) is 5.75 Å². The van der Waals surface area contributed by atoms with Crippen molar-refractivity contribution in [1.29, 1.82) is 0 Å². The van der Waals surface area contributed by atoms with Crippen LogP contribution in [0, 0.1) is 6.92 Å². The zero-order valence-electron chi connectivity index (χ0n) is 17.8. The van der Waals surface area contributed by atoms with Gasteiger partial charge < -0.3 is 14.2 Å². The molecule has 0 fully saturated rings. The van der Waals surface area contributed by atoms with Crippen LogP contribution in [0.3, 0.4) is 0 Å². The lowest BCUT2D eigenvalue weighted by atomic mass is 10.1. The molecule has 2 aromatic carbocycles. The fourth-order valence-electron chi connectivity index (χ4n) is 4.19. The van der Waals surface area contributed by atoms with Crippen LogP contribution in [0.5, 0.6) is 17.2 Å². The molecule has 0 bridgehead atoms. The molecule has 0 saturated carbocycles. The number of benzene rings is 2. The minimum absolute atomic E-state index is 0.0487. The molecule has 0 unspecified atom stereocenters. The number of aromatic nitrogens is 3. The van der Waals surface area contributed by atoms with E-state index in [9.17, 15) is 22.8 Å². The fourth-order valence-corrected chi connectivity index (χ4v) is 4.19. The summed E-state index contributed by atoms with van der Waals surface area (Å²) in [5.74, 6) is -0.544. The molecule has 2 amide bonds. The minimum atomic E-state index is -4.81. The van der Waals surface area contributed by atoms with E-state index in [4.69, 9.17) is 9.47 Å². The minimum Gasteiger partial charge on any atom is -0.454 e. The Balaban J connectivity index is 1.42. The number of anilines is 1. The topological polar surface area (TPSA) is 95.8 Å². The second-order valence-corrected chi connectivity index (χ2v) is 7.77. The van der Waals surface area contributed by atoms with Gasteiger partial charge in [-0.25, -0.2) is 14.6 Å². The Kier molecular flexibility index (Phi) is 4.31. The van der Waals surface area contributed by atoms with E-state index >= 15 is 0 Å². The van der Waals surface area contributed by atoms with Gasteiger partial charge in [0.05, 0.1) is 33.6 Å². The lowest BCUT2D eigenvalue weighted by Gasteiger charge is -2.14. The molecule has 2 aromatic heterocycles. The van der Waals surface area contributed by atoms with Crippen molar-refractivity contribution in [3.63, 3.8) is 0 Å². The summed E-state index contributed by atoms with van der Waals surface area (Å²) in [6.07, 6.45) is -3.51. The Bertz CT molecular complexity index is 1550. The first-order chi connectivity index (χ1) is 16.7. The molecule has 0 aliphatic carbocycles. The maximum absolute atomic E-state index is 13.4. The molecule has 0 spiro atoms. The molecule has 2 aliphatic rings. The van der Waals surface area contributed by atoms with Crippen LogP contribution < -0.4 is 19.1 Å². The molecule has 176 valence electrons. The van der Waals surface area contributed by atoms with Crippen molar-refractivity contribution in [2.45, 2.75) is 13.3 Å². The molecule has 4 aromatic rings. The van der Waals surface area contributed by atoms with E-state index in [-0.39, 0.29) is 29.3 Å². The maximum atomic E-state index is 13.4. The van der Waals surface area contributed by atoms with Gasteiger partial charge in [-0.2, -0.15) is 5.10 Å². The number of aryl methyl sites for hydroxylation is 1. The van der Waals surface area contributed by atoms with Crippen molar-refractivity contribution < 1.29 is 37.0 Å². The predicted octanol–water partition coefficient (Wildman–Crippen LogP) is 4.16. The molecular formula is C23H13F3N4O5. The Hall–Kier alpha value is -4.61. The van der Waals surface area contributed by atoms with Crippen LogP contribution in [0.25, 0.3) is 16.7 Å². The summed E-state index contributed by atoms with van der Waals surface area (Å²) in [5, 5.41) is 4.79. The number of amides is 2. The van der Waals surface area contributed by atoms with Gasteiger partial charge in [0, 0.05) is 12.3 Å². The monoisotopic (exact) mass is 482 g/mol. The second kappa shape index (κ2) is 7.19. The molecule has 0 atom stereocenters. The van der Waals surface area contributed by atoms with Crippen LogP contribution in [0.2, 0.25) is 0 Å². The number of halogens is 3. The number of carbonyl (C=O) groups excluding carboxylic acids is 2. The molecule has 35 heavy (non-hydrogen) atoms. The molecule has 0 N–H and O–H groups in total. The Morgan fingerprint density at radius 1 is 0.971 bits per heavy atom. The number of carbonyl (C=O) groups is 2. The van der Waals surface area contributed by atoms with E-state index in [0.29, 0.717) is 34.0 Å². The third kappa shape index (κ3) is 3.25. The smallest absolute Gasteiger partial charge is 0.454 e. The molecule has 6 rings (SSSR count). The molecule has 0 radical (unpaired) electrons. The number of rotatable bonds is 3. The highest BCUT2D eigenvalue weighted by Gasteiger charge is 2.40. The number of imide groups is 1. The number of hydrogen-bond donors (Lipinski definition) is 0. The number of alkyl halides is 3. The van der Waals surface area contributed by atoms with Crippen LogP contribution in [0.1, 0.15) is 26.4 Å². The van der Waals surface area contributed by atoms with Crippen LogP contribution in [0.4, 0.5) is 18.9 Å². The summed E-state index contributed by atoms with van der Waals surface area (Å²) in [7, 11) is 0. The van der Waals surface area contributed by atoms with E-state index in [1.807, 2.05) is 0 Å². The third-order valence-corrected chi connectivity index (χ3v) is 5.65. The summed E-state index contributed by atoms with van der Waals surface area (Å²) in [5.41, 5.74) is 1.69. The molecule has 0 saturated heterocycles. The van der Waals surface area contributed by atoms with Gasteiger partial charge in [-0.1, -0.05) is 0 Å². The van der Waals surface area contributed by atoms with Crippen molar-refractivity contribution in [1.82, 2.24) is 14.8 Å². The Morgan fingerprint density at radius 2 is 1.69 bits per heavy atom. The largest absolute Gasteiger partial charge is 0.573 e. The van der Waals surface area contributed by atoms with Crippen molar-refractivity contribution in [2.75, 3.05) is 11.7 Å². The zero-order valence-corrected chi connectivity index (χ0v) is 17.8. The molecule has 12 heteroatoms. The Morgan fingerprint density at radius 3 is 2.43 bits per heavy atom. The first-order valence-electron chi connectivity index (χ1n) is 10.2. The number of fused-ring (bicyclic) bond motifs is 4. The van der Waals surface area contributed by atoms with E-state index in [0.717, 1.165) is 17.0 Å². The van der Waals surface area contributed by atoms with Gasteiger partial charge in [-0.15, -0.1) is 13.2 Å². The fraction of sp³-hybridized carbons (Fsp3) is 0.130. The number of nitrogens with zero attached hydrogens (tertiary/aromatic N) is 4. The van der Waals surface area contributed by atoms with Crippen molar-refractivity contribution in [3.05, 3.63) is 65.5 Å². The Labute approximate surface area is 194 Å². The second-order valence-electron chi connectivity index (χ2n) is 7.77. The molecular weight excluding hydrogens is 469 g/mol. The SMILES string of the molecule is Cc1nn(-c2ccc(OC(F)(F)F)cc2)c2ncc3c(c12)C(=O)N(c1ccc2c(c1)OCO2)C3=O. The van der Waals surface area contributed by atoms with Crippen LogP contribution >= 0.6 is 0 Å². The molecule has 2 aliphatic heterocycles. The van der Waals surface area contributed by atoms with Gasteiger partial charge in [0.15, 0.2) is 17.1 Å². The number of pyridine rings is 1. The zero-order chi connectivity index (χ0) is 24.5. The van der Waals surface area contributed by atoms with Crippen LogP contribution in [0.15, 0.2) is 48.7 Å². The van der Waals surface area contributed by atoms with Gasteiger partial charge >= 0.3 is 6.36 Å². The van der Waals surface area contributed by atoms with Gasteiger partial charge in [0.25, 0.3) is 11.8 Å². The van der Waals surface area contributed by atoms with E-state index < -0.39 is 18.2 Å². The van der Waals surface area contributed by atoms with Gasteiger partial charge in [0.2, 0.25) is 6.79 Å². The maximum Gasteiger partial charge on any atom is 0.573 e. The van der Waals surface area contributed by atoms with Crippen molar-refractivity contribution >= 4 is 28.5 Å². The summed E-state index contributed by atoms with van der Waals surface area (Å²) >= 11 is 0. The quantitative estimate of drug-likeness (QED) is 0.405. The van der Waals surface area contributed by atoms with Crippen LogP contribution in [-0.4, -0.2) is 39.7 Å². The molecule has 4 heterocycles. The average molecular weight is 482 g/mol. The number of hydrogen-bond acceptors (Lipinski definition) is 7. The average Bonchev–Trinajstić information content (AvgIpc) is 3.48. The lowest BCUT2D eigenvalue weighted by molar-refractivity contribution is -0.274. The highest BCUT2D eigenvalue weighted by atomic mass is 19.4. The standard InChI is InChI=1S/C23H13F3N4O5/c1-11-18-19-15(21(31)29(22(19)32)13-4-7-16-17(8-13)34-10-33-16)9-27-20(18)30(28-11)12-2-5-14(6-3-12)35-23(24,25)26/h2-9H,10H2,1H3. The normalized spacial score (nSPS) is 14.7. The van der Waals surface area contributed by atoms with E-state index in [1.54, 1.807) is 25.1 Å². The van der Waals surface area contributed by atoms with Crippen molar-refractivity contribution in [3.8, 4) is 22.9 Å². The van der Waals surface area contributed by atoms with E-state index in [1.165, 1.54) is 23.0 Å².